The number of carbonyl (C=O) groups excluding carboxylic acids is 1. The van der Waals surface area contributed by atoms with Gasteiger partial charge in [0.25, 0.3) is 5.91 Å². The lowest BCUT2D eigenvalue weighted by Gasteiger charge is -2.24. The minimum Gasteiger partial charge on any atom is -0.493 e. The Morgan fingerprint density at radius 2 is 2.19 bits per heavy atom. The minimum absolute atomic E-state index is 0.0630. The first kappa shape index (κ1) is 18.3. The van der Waals surface area contributed by atoms with Crippen molar-refractivity contribution < 1.29 is 28.6 Å². The van der Waals surface area contributed by atoms with Crippen molar-refractivity contribution in [1.29, 1.82) is 0 Å². The summed E-state index contributed by atoms with van der Waals surface area (Å²) < 4.78 is 16.7. The van der Waals surface area contributed by atoms with Crippen molar-refractivity contribution in [3.8, 4) is 5.75 Å². The number of aliphatic carboxylic acids is 1. The molecule has 1 aliphatic rings. The van der Waals surface area contributed by atoms with Crippen LogP contribution in [0.15, 0.2) is 22.6 Å². The third-order valence-electron chi connectivity index (χ3n) is 4.67. The number of hydrogen-bond donors (Lipinski definition) is 1. The van der Waals surface area contributed by atoms with E-state index in [9.17, 15) is 9.59 Å². The number of rotatable bonds is 7. The second-order valence-electron chi connectivity index (χ2n) is 6.42. The van der Waals surface area contributed by atoms with Gasteiger partial charge in [-0.1, -0.05) is 12.1 Å². The van der Waals surface area contributed by atoms with Crippen LogP contribution in [0.5, 0.6) is 5.75 Å². The van der Waals surface area contributed by atoms with Crippen molar-refractivity contribution in [3.63, 3.8) is 0 Å². The highest BCUT2D eigenvalue weighted by atomic mass is 16.5. The number of methoxy groups -OCH3 is 1. The average Bonchev–Trinajstić information content (AvgIpc) is 3.25. The van der Waals surface area contributed by atoms with Gasteiger partial charge in [0.05, 0.1) is 19.6 Å². The number of carboxylic acids is 1. The van der Waals surface area contributed by atoms with Crippen LogP contribution in [-0.4, -0.2) is 54.8 Å². The van der Waals surface area contributed by atoms with Crippen LogP contribution in [0.4, 0.5) is 0 Å². The third-order valence-corrected chi connectivity index (χ3v) is 4.67. The molecule has 0 radical (unpaired) electrons. The van der Waals surface area contributed by atoms with Crippen LogP contribution in [0, 0.1) is 6.92 Å². The fourth-order valence-corrected chi connectivity index (χ4v) is 3.27. The standard InChI is InChI=1S/C19H23NO6/c1-12-14-6-3-7-15(24-2)18(14)26-17(12)19(23)20(9-8-16(21)22)11-13-5-4-10-25-13/h3,6-7,13H,4-5,8-11H2,1-2H3,(H,21,22). The van der Waals surface area contributed by atoms with E-state index in [1.807, 2.05) is 19.1 Å². The van der Waals surface area contributed by atoms with Crippen LogP contribution in [0.25, 0.3) is 11.0 Å². The van der Waals surface area contributed by atoms with Crippen LogP contribution in [0.3, 0.4) is 0 Å². The first-order valence-electron chi connectivity index (χ1n) is 8.70. The molecule has 7 nitrogen and oxygen atoms in total. The molecule has 1 aromatic carbocycles. The summed E-state index contributed by atoms with van der Waals surface area (Å²) in [6.45, 7) is 2.97. The van der Waals surface area contributed by atoms with Gasteiger partial charge in [-0.25, -0.2) is 0 Å². The molecule has 2 aromatic rings. The molecule has 1 fully saturated rings. The molecule has 1 atom stereocenters. The van der Waals surface area contributed by atoms with Gasteiger partial charge in [0.2, 0.25) is 0 Å². The van der Waals surface area contributed by atoms with E-state index in [1.54, 1.807) is 13.2 Å². The summed E-state index contributed by atoms with van der Waals surface area (Å²) in [6.07, 6.45) is 1.63. The molecule has 0 saturated carbocycles. The fraction of sp³-hybridized carbons (Fsp3) is 0.474. The van der Waals surface area contributed by atoms with Gasteiger partial charge in [-0.05, 0) is 25.8 Å². The topological polar surface area (TPSA) is 89.2 Å². The minimum atomic E-state index is -0.946. The molecular formula is C19H23NO6. The molecule has 3 rings (SSSR count). The number of carboxylic acid groups (broad SMARTS) is 1. The van der Waals surface area contributed by atoms with Crippen LogP contribution < -0.4 is 4.74 Å². The molecule has 1 amide bonds. The van der Waals surface area contributed by atoms with E-state index in [1.165, 1.54) is 4.90 Å². The number of benzene rings is 1. The fourth-order valence-electron chi connectivity index (χ4n) is 3.27. The van der Waals surface area contributed by atoms with Gasteiger partial charge in [0.15, 0.2) is 17.1 Å². The van der Waals surface area contributed by atoms with Crippen molar-refractivity contribution in [3.05, 3.63) is 29.5 Å². The zero-order chi connectivity index (χ0) is 18.7. The Morgan fingerprint density at radius 3 is 2.85 bits per heavy atom. The molecule has 26 heavy (non-hydrogen) atoms. The number of fused-ring (bicyclic) bond motifs is 1. The largest absolute Gasteiger partial charge is 0.493 e. The summed E-state index contributed by atoms with van der Waals surface area (Å²) in [4.78, 5) is 25.6. The monoisotopic (exact) mass is 361 g/mol. The van der Waals surface area contributed by atoms with E-state index in [-0.39, 0.29) is 30.7 Å². The molecule has 1 aliphatic heterocycles. The lowest BCUT2D eigenvalue weighted by Crippen LogP contribution is -2.38. The van der Waals surface area contributed by atoms with Gasteiger partial charge >= 0.3 is 5.97 Å². The van der Waals surface area contributed by atoms with E-state index in [2.05, 4.69) is 0 Å². The van der Waals surface area contributed by atoms with Gasteiger partial charge < -0.3 is 23.9 Å². The maximum Gasteiger partial charge on any atom is 0.305 e. The smallest absolute Gasteiger partial charge is 0.305 e. The first-order valence-corrected chi connectivity index (χ1v) is 8.70. The number of para-hydroxylation sites is 1. The Morgan fingerprint density at radius 1 is 1.38 bits per heavy atom. The van der Waals surface area contributed by atoms with E-state index in [0.717, 1.165) is 23.8 Å². The van der Waals surface area contributed by atoms with Crippen molar-refractivity contribution in [1.82, 2.24) is 4.90 Å². The zero-order valence-corrected chi connectivity index (χ0v) is 15.0. The lowest BCUT2D eigenvalue weighted by atomic mass is 10.1. The number of furan rings is 1. The number of hydrogen-bond acceptors (Lipinski definition) is 5. The van der Waals surface area contributed by atoms with Crippen LogP contribution in [-0.2, 0) is 9.53 Å². The van der Waals surface area contributed by atoms with Crippen molar-refractivity contribution in [2.45, 2.75) is 32.3 Å². The Labute approximate surface area is 151 Å². The number of carbonyl (C=O) groups is 2. The highest BCUT2D eigenvalue weighted by molar-refractivity contribution is 6.00. The molecule has 7 heteroatoms. The summed E-state index contributed by atoms with van der Waals surface area (Å²) in [5.41, 5.74) is 1.24. The SMILES string of the molecule is COc1cccc2c(C)c(C(=O)N(CCC(=O)O)CC3CCCO3)oc12. The van der Waals surface area contributed by atoms with Crippen molar-refractivity contribution in [2.24, 2.45) is 0 Å². The first-order chi connectivity index (χ1) is 12.5. The van der Waals surface area contributed by atoms with E-state index < -0.39 is 5.97 Å². The van der Waals surface area contributed by atoms with Gasteiger partial charge in [-0.15, -0.1) is 0 Å². The molecule has 2 heterocycles. The Hall–Kier alpha value is -2.54. The highest BCUT2D eigenvalue weighted by Gasteiger charge is 2.28. The van der Waals surface area contributed by atoms with Gasteiger partial charge in [-0.2, -0.15) is 0 Å². The van der Waals surface area contributed by atoms with E-state index in [4.69, 9.17) is 19.0 Å². The maximum absolute atomic E-state index is 13.1. The van der Waals surface area contributed by atoms with Crippen molar-refractivity contribution in [2.75, 3.05) is 26.8 Å². The molecule has 1 aromatic heterocycles. The molecule has 140 valence electrons. The predicted molar refractivity (Wildman–Crippen MR) is 94.6 cm³/mol. The number of nitrogens with zero attached hydrogens (tertiary/aromatic N) is 1. The van der Waals surface area contributed by atoms with Crippen molar-refractivity contribution >= 4 is 22.8 Å². The second-order valence-corrected chi connectivity index (χ2v) is 6.42. The molecule has 0 aliphatic carbocycles. The predicted octanol–water partition coefficient (Wildman–Crippen LogP) is 2.85. The summed E-state index contributed by atoms with van der Waals surface area (Å²) in [5.74, 6) is -0.496. The summed E-state index contributed by atoms with van der Waals surface area (Å²) in [7, 11) is 1.55. The summed E-state index contributed by atoms with van der Waals surface area (Å²) >= 11 is 0. The number of amides is 1. The summed E-state index contributed by atoms with van der Waals surface area (Å²) in [6, 6.07) is 5.48. The zero-order valence-electron chi connectivity index (χ0n) is 15.0. The normalized spacial score (nSPS) is 16.8. The molecule has 1 N–H and O–H groups in total. The maximum atomic E-state index is 13.1. The number of ether oxygens (including phenoxy) is 2. The van der Waals surface area contributed by atoms with Crippen LogP contribution in [0.2, 0.25) is 0 Å². The Balaban J connectivity index is 1.90. The molecule has 1 unspecified atom stereocenters. The molecule has 0 bridgehead atoms. The van der Waals surface area contributed by atoms with Crippen LogP contribution in [0.1, 0.15) is 35.4 Å². The molecular weight excluding hydrogens is 338 g/mol. The molecule has 1 saturated heterocycles. The number of aryl methyl sites for hydroxylation is 1. The highest BCUT2D eigenvalue weighted by Crippen LogP contribution is 2.33. The molecule has 0 spiro atoms. The van der Waals surface area contributed by atoms with Gasteiger partial charge in [-0.3, -0.25) is 9.59 Å². The van der Waals surface area contributed by atoms with Gasteiger partial charge in [0.1, 0.15) is 0 Å². The average molecular weight is 361 g/mol. The quantitative estimate of drug-likeness (QED) is 0.816. The van der Waals surface area contributed by atoms with Gasteiger partial charge in [0, 0.05) is 30.6 Å². The van der Waals surface area contributed by atoms with E-state index in [0.29, 0.717) is 24.5 Å². The Bertz CT molecular complexity index is 806. The second kappa shape index (κ2) is 7.78. The third kappa shape index (κ3) is 3.67. The van der Waals surface area contributed by atoms with E-state index >= 15 is 0 Å². The Kier molecular flexibility index (Phi) is 5.46. The summed E-state index contributed by atoms with van der Waals surface area (Å²) in [5, 5.41) is 9.81. The van der Waals surface area contributed by atoms with Crippen LogP contribution >= 0.6 is 0 Å². The lowest BCUT2D eigenvalue weighted by molar-refractivity contribution is -0.137.